The molecule has 31 heavy (non-hydrogen) atoms. The zero-order valence-corrected chi connectivity index (χ0v) is 17.3. The van der Waals surface area contributed by atoms with Crippen molar-refractivity contribution in [2.24, 2.45) is 0 Å². The van der Waals surface area contributed by atoms with Crippen LogP contribution in [-0.2, 0) is 28.9 Å². The van der Waals surface area contributed by atoms with E-state index in [9.17, 15) is 4.79 Å². The predicted molar refractivity (Wildman–Crippen MR) is 119 cm³/mol. The van der Waals surface area contributed by atoms with Crippen LogP contribution in [0.1, 0.15) is 36.1 Å². The first kappa shape index (κ1) is 19.6. The molecule has 1 amide bonds. The van der Waals surface area contributed by atoms with Crippen molar-refractivity contribution in [3.63, 3.8) is 0 Å². The lowest BCUT2D eigenvalue weighted by Crippen LogP contribution is -2.26. The zero-order valence-electron chi connectivity index (χ0n) is 17.3. The van der Waals surface area contributed by atoms with E-state index in [1.165, 1.54) is 5.56 Å². The normalized spacial score (nSPS) is 17.4. The summed E-state index contributed by atoms with van der Waals surface area (Å²) in [4.78, 5) is 26.1. The highest BCUT2D eigenvalue weighted by atomic mass is 16.5. The van der Waals surface area contributed by atoms with E-state index in [1.807, 2.05) is 36.4 Å². The summed E-state index contributed by atoms with van der Waals surface area (Å²) in [7, 11) is 0. The molecule has 3 aromatic rings. The van der Waals surface area contributed by atoms with Gasteiger partial charge in [0.2, 0.25) is 0 Å². The van der Waals surface area contributed by atoms with Gasteiger partial charge in [-0.1, -0.05) is 12.1 Å². The van der Waals surface area contributed by atoms with Crippen LogP contribution in [0, 0.1) is 0 Å². The second-order valence-corrected chi connectivity index (χ2v) is 7.96. The number of rotatable bonds is 6. The number of pyridine rings is 1. The molecule has 0 unspecified atom stereocenters. The summed E-state index contributed by atoms with van der Waals surface area (Å²) in [5.74, 6) is 1.52. The molecule has 1 aromatic carbocycles. The van der Waals surface area contributed by atoms with Gasteiger partial charge in [0.1, 0.15) is 11.9 Å². The van der Waals surface area contributed by atoms with E-state index in [0.29, 0.717) is 19.0 Å². The van der Waals surface area contributed by atoms with Crippen molar-refractivity contribution in [1.29, 1.82) is 0 Å². The van der Waals surface area contributed by atoms with Crippen LogP contribution in [0.25, 0.3) is 11.4 Å². The minimum atomic E-state index is -0.337. The van der Waals surface area contributed by atoms with Gasteiger partial charge in [-0.3, -0.25) is 9.78 Å². The van der Waals surface area contributed by atoms with Crippen LogP contribution in [0.4, 0.5) is 11.5 Å². The van der Waals surface area contributed by atoms with Gasteiger partial charge in [-0.05, 0) is 61.9 Å². The molecular weight excluding hydrogens is 390 g/mol. The number of amides is 1. The van der Waals surface area contributed by atoms with Crippen molar-refractivity contribution in [3.05, 3.63) is 65.6 Å². The molecule has 1 atom stereocenters. The molecule has 0 bridgehead atoms. The molecule has 0 radical (unpaired) electrons. The third kappa shape index (κ3) is 4.41. The highest BCUT2D eigenvalue weighted by Gasteiger charge is 2.23. The smallest absolute Gasteiger partial charge is 0.253 e. The Hall–Kier alpha value is -3.32. The number of fused-ring (bicyclic) bond motifs is 1. The Kier molecular flexibility index (Phi) is 5.58. The maximum atomic E-state index is 12.3. The van der Waals surface area contributed by atoms with E-state index < -0.39 is 0 Å². The fraction of sp³-hybridized carbons (Fsp3) is 0.333. The van der Waals surface area contributed by atoms with E-state index in [1.54, 1.807) is 12.4 Å². The Morgan fingerprint density at radius 3 is 2.94 bits per heavy atom. The molecule has 7 heteroatoms. The van der Waals surface area contributed by atoms with Crippen LogP contribution < -0.4 is 10.6 Å². The molecule has 7 nitrogen and oxygen atoms in total. The molecule has 1 fully saturated rings. The summed E-state index contributed by atoms with van der Waals surface area (Å²) in [6.07, 6.45) is 7.99. The van der Waals surface area contributed by atoms with Crippen LogP contribution in [0.15, 0.2) is 48.8 Å². The fourth-order valence-electron chi connectivity index (χ4n) is 4.15. The lowest BCUT2D eigenvalue weighted by Gasteiger charge is -2.14. The summed E-state index contributed by atoms with van der Waals surface area (Å²) in [5, 5.41) is 6.47. The molecule has 0 spiro atoms. The van der Waals surface area contributed by atoms with E-state index in [2.05, 4.69) is 15.6 Å². The van der Waals surface area contributed by atoms with Gasteiger partial charge in [0.05, 0.1) is 0 Å². The maximum absolute atomic E-state index is 12.3. The van der Waals surface area contributed by atoms with Gasteiger partial charge < -0.3 is 15.4 Å². The van der Waals surface area contributed by atoms with Crippen molar-refractivity contribution in [2.45, 2.75) is 44.8 Å². The third-order valence-corrected chi connectivity index (χ3v) is 5.73. The summed E-state index contributed by atoms with van der Waals surface area (Å²) >= 11 is 0. The molecule has 0 saturated carbocycles. The molecule has 1 aliphatic carbocycles. The number of carbonyl (C=O) groups excluding carboxylic acids is 1. The second-order valence-electron chi connectivity index (χ2n) is 7.96. The minimum absolute atomic E-state index is 0.0719. The second kappa shape index (κ2) is 8.81. The number of anilines is 2. The van der Waals surface area contributed by atoms with Gasteiger partial charge in [0, 0.05) is 48.1 Å². The molecule has 2 aliphatic rings. The lowest BCUT2D eigenvalue weighted by molar-refractivity contribution is -0.124. The van der Waals surface area contributed by atoms with Crippen molar-refractivity contribution < 1.29 is 9.53 Å². The summed E-state index contributed by atoms with van der Waals surface area (Å²) in [6, 6.07) is 11.8. The van der Waals surface area contributed by atoms with Crippen molar-refractivity contribution in [1.82, 2.24) is 15.0 Å². The number of carbonyl (C=O) groups is 1. The monoisotopic (exact) mass is 415 g/mol. The van der Waals surface area contributed by atoms with Crippen molar-refractivity contribution in [2.75, 3.05) is 17.2 Å². The number of benzene rings is 1. The van der Waals surface area contributed by atoms with Gasteiger partial charge in [0.15, 0.2) is 5.82 Å². The topological polar surface area (TPSA) is 89.0 Å². The van der Waals surface area contributed by atoms with E-state index in [4.69, 9.17) is 14.7 Å². The first-order valence-electron chi connectivity index (χ1n) is 10.8. The Balaban J connectivity index is 1.32. The molecule has 158 valence electrons. The highest BCUT2D eigenvalue weighted by Crippen LogP contribution is 2.29. The van der Waals surface area contributed by atoms with Gasteiger partial charge >= 0.3 is 0 Å². The molecule has 2 N–H and O–H groups in total. The Morgan fingerprint density at radius 1 is 1.13 bits per heavy atom. The Labute approximate surface area is 181 Å². The number of ether oxygens (including phenoxy) is 1. The quantitative estimate of drug-likeness (QED) is 0.637. The van der Waals surface area contributed by atoms with E-state index >= 15 is 0 Å². The van der Waals surface area contributed by atoms with Crippen molar-refractivity contribution >= 4 is 17.4 Å². The maximum Gasteiger partial charge on any atom is 0.253 e. The largest absolute Gasteiger partial charge is 0.368 e. The van der Waals surface area contributed by atoms with Crippen LogP contribution in [0.3, 0.4) is 0 Å². The summed E-state index contributed by atoms with van der Waals surface area (Å²) in [6.45, 7) is 1.27. The highest BCUT2D eigenvalue weighted by molar-refractivity contribution is 5.94. The van der Waals surface area contributed by atoms with Crippen LogP contribution >= 0.6 is 0 Å². The molecule has 1 saturated heterocycles. The number of hydrogen-bond donors (Lipinski definition) is 2. The molecule has 3 heterocycles. The predicted octanol–water partition coefficient (Wildman–Crippen LogP) is 3.76. The standard InChI is InChI=1S/C24H25N5O2/c30-24(21-10-4-12-31-21)27-18-7-1-5-16(13-18)14-26-23-19-8-2-9-20(19)28-22(29-23)17-6-3-11-25-15-17/h1,3,5-7,11,13,15,21H,2,4,8-10,12,14H2,(H,27,30)(H,26,28,29)/t21-/m0/s1. The average molecular weight is 415 g/mol. The first-order chi connectivity index (χ1) is 15.3. The molecular formula is C24H25N5O2. The van der Waals surface area contributed by atoms with Crippen LogP contribution in [0.2, 0.25) is 0 Å². The van der Waals surface area contributed by atoms with Crippen molar-refractivity contribution in [3.8, 4) is 11.4 Å². The Morgan fingerprint density at radius 2 is 2.10 bits per heavy atom. The SMILES string of the molecule is O=C(Nc1cccc(CNc2nc(-c3cccnc3)nc3c2CCC3)c1)[C@@H]1CCCO1. The first-order valence-corrected chi connectivity index (χ1v) is 10.8. The Bertz CT molecular complexity index is 1080. The third-order valence-electron chi connectivity index (χ3n) is 5.73. The number of hydrogen-bond acceptors (Lipinski definition) is 6. The van der Waals surface area contributed by atoms with Crippen LogP contribution in [0.5, 0.6) is 0 Å². The minimum Gasteiger partial charge on any atom is -0.368 e. The van der Waals surface area contributed by atoms with Gasteiger partial charge in [-0.2, -0.15) is 0 Å². The van der Waals surface area contributed by atoms with E-state index in [-0.39, 0.29) is 12.0 Å². The number of nitrogens with one attached hydrogen (secondary N) is 2. The molecule has 5 rings (SSSR count). The zero-order chi connectivity index (χ0) is 21.0. The summed E-state index contributed by atoms with van der Waals surface area (Å²) < 4.78 is 5.47. The van der Waals surface area contributed by atoms with Crippen LogP contribution in [-0.4, -0.2) is 33.6 Å². The molecule has 2 aromatic heterocycles. The fourth-order valence-corrected chi connectivity index (χ4v) is 4.15. The number of aryl methyl sites for hydroxylation is 1. The van der Waals surface area contributed by atoms with Gasteiger partial charge in [-0.15, -0.1) is 0 Å². The average Bonchev–Trinajstić information content (AvgIpc) is 3.50. The number of nitrogens with zero attached hydrogens (tertiary/aromatic N) is 3. The van der Waals surface area contributed by atoms with Gasteiger partial charge in [0.25, 0.3) is 5.91 Å². The molecule has 1 aliphatic heterocycles. The number of aromatic nitrogens is 3. The summed E-state index contributed by atoms with van der Waals surface area (Å²) in [5.41, 5.74) is 5.09. The lowest BCUT2D eigenvalue weighted by atomic mass is 10.1. The van der Waals surface area contributed by atoms with Gasteiger partial charge in [-0.25, -0.2) is 9.97 Å². The van der Waals surface area contributed by atoms with E-state index in [0.717, 1.165) is 60.4 Å².